The fourth-order valence-electron chi connectivity index (χ4n) is 2.32. The Kier molecular flexibility index (Phi) is 14.8. The van der Waals surface area contributed by atoms with E-state index in [4.69, 9.17) is 16.3 Å². The van der Waals surface area contributed by atoms with E-state index in [1.54, 1.807) is 38.4 Å². The van der Waals surface area contributed by atoms with Crippen molar-refractivity contribution in [2.24, 2.45) is 0 Å². The Hall–Kier alpha value is -1.95. The van der Waals surface area contributed by atoms with Crippen LogP contribution in [-0.4, -0.2) is 69.1 Å². The second kappa shape index (κ2) is 15.8. The molecule has 168 valence electrons. The molecule has 9 heteroatoms. The largest absolute Gasteiger partial charge is 0.448 e. The van der Waals surface area contributed by atoms with Gasteiger partial charge in [-0.1, -0.05) is 25.4 Å². The third-order valence-electron chi connectivity index (χ3n) is 3.99. The number of hydrogen-bond donors (Lipinski definition) is 1. The number of nitrogens with one attached hydrogen (secondary N) is 1. The Morgan fingerprint density at radius 2 is 1.77 bits per heavy atom. The van der Waals surface area contributed by atoms with Gasteiger partial charge in [0, 0.05) is 62.4 Å². The molecule has 0 aliphatic heterocycles. The average Bonchev–Trinajstić information content (AvgIpc) is 2.73. The summed E-state index contributed by atoms with van der Waals surface area (Å²) in [5, 5.41) is 4.80. The second-order valence-electron chi connectivity index (χ2n) is 6.98. The number of nitrogens with zero attached hydrogens (tertiary/aromatic N) is 2. The zero-order valence-corrected chi connectivity index (χ0v) is 20.2. The minimum Gasteiger partial charge on any atom is -0.448 e. The highest BCUT2D eigenvalue weighted by atomic mass is 35.5. The number of hydrogen-bond acceptors (Lipinski definition) is 6. The first-order valence-corrected chi connectivity index (χ1v) is 10.9. The lowest BCUT2D eigenvalue weighted by atomic mass is 10.0. The molecule has 1 amide bonds. The second-order valence-corrected chi connectivity index (χ2v) is 8.12. The summed E-state index contributed by atoms with van der Waals surface area (Å²) in [6.07, 6.45) is 3.93. The molecule has 30 heavy (non-hydrogen) atoms. The molecule has 1 aromatic carbocycles. The molecule has 7 nitrogen and oxygen atoms in total. The predicted octanol–water partition coefficient (Wildman–Crippen LogP) is 3.73. The van der Waals surface area contributed by atoms with Crippen LogP contribution in [0.4, 0.5) is 4.79 Å². The normalized spacial score (nSPS) is 13.0. The van der Waals surface area contributed by atoms with Crippen LogP contribution in [0.25, 0.3) is 0 Å². The molecule has 1 rings (SSSR count). The minimum absolute atomic E-state index is 0.0179. The van der Waals surface area contributed by atoms with E-state index in [0.29, 0.717) is 10.6 Å². The fraction of sp³-hybridized carbons (Fsp3) is 0.524. The number of carbonyl (C=O) groups is 2. The summed E-state index contributed by atoms with van der Waals surface area (Å²) in [6, 6.07) is 6.83. The highest BCUT2D eigenvalue weighted by molar-refractivity contribution is 7.34. The molecule has 1 aromatic rings. The van der Waals surface area contributed by atoms with Crippen LogP contribution in [0.5, 0.6) is 0 Å². The van der Waals surface area contributed by atoms with Gasteiger partial charge in [-0.05, 0) is 37.1 Å². The molecular formula is C21H33ClN3O4P. The van der Waals surface area contributed by atoms with Gasteiger partial charge in [0.05, 0.1) is 0 Å². The molecule has 0 saturated heterocycles. The first kappa shape index (κ1) is 28.1. The summed E-state index contributed by atoms with van der Waals surface area (Å²) in [5.41, 5.74) is 0.694. The van der Waals surface area contributed by atoms with Gasteiger partial charge in [0.2, 0.25) is 0 Å². The van der Waals surface area contributed by atoms with Gasteiger partial charge < -0.3 is 19.9 Å². The van der Waals surface area contributed by atoms with Gasteiger partial charge in [-0.2, -0.15) is 0 Å². The predicted molar refractivity (Wildman–Crippen MR) is 123 cm³/mol. The average molecular weight is 458 g/mol. The van der Waals surface area contributed by atoms with Crippen molar-refractivity contribution in [3.05, 3.63) is 41.1 Å². The van der Waals surface area contributed by atoms with Crippen LogP contribution in [0.15, 0.2) is 36.0 Å². The number of amides is 1. The van der Waals surface area contributed by atoms with Crippen molar-refractivity contribution in [2.75, 3.05) is 34.8 Å². The summed E-state index contributed by atoms with van der Waals surface area (Å²) < 4.78 is 15.4. The number of aldehydes is 1. The number of carbonyl (C=O) groups excluding carboxylic acids is 2. The third-order valence-corrected chi connectivity index (χ3v) is 4.75. The SMILES string of the molecule is CCC(COC(=O)N(C)C)NC(CC)/C(C=O)=C/N(C)C.O=Pc1ccc(Cl)cc1. The Morgan fingerprint density at radius 3 is 2.17 bits per heavy atom. The monoisotopic (exact) mass is 457 g/mol. The molecule has 1 N–H and O–H groups in total. The smallest absolute Gasteiger partial charge is 0.409 e. The number of ether oxygens (including phenoxy) is 1. The molecule has 0 saturated carbocycles. The van der Waals surface area contributed by atoms with Gasteiger partial charge in [-0.25, -0.2) is 4.79 Å². The number of rotatable bonds is 10. The first-order chi connectivity index (χ1) is 14.2. The molecule has 0 aliphatic rings. The highest BCUT2D eigenvalue weighted by Gasteiger charge is 2.18. The standard InChI is InChI=1S/C15H29N3O3.C6H4ClOP/c1-7-13(11-21-15(20)18(5)6)16-14(8-2)12(10-19)9-17(3)4;7-5-1-3-6(9-8)4-2-5/h9-10,13-14,16H,7-8,11H2,1-6H3;1-4H/b12-9+;. The molecule has 0 aromatic heterocycles. The van der Waals surface area contributed by atoms with Crippen LogP contribution in [0.1, 0.15) is 26.7 Å². The topological polar surface area (TPSA) is 79.0 Å². The van der Waals surface area contributed by atoms with E-state index in [-0.39, 0.29) is 33.2 Å². The Morgan fingerprint density at radius 1 is 1.17 bits per heavy atom. The highest BCUT2D eigenvalue weighted by Crippen LogP contribution is 2.08. The zero-order valence-electron chi connectivity index (χ0n) is 18.6. The molecule has 0 bridgehead atoms. The Labute approximate surface area is 186 Å². The Bertz CT molecular complexity index is 681. The maximum Gasteiger partial charge on any atom is 0.409 e. The maximum atomic E-state index is 11.5. The van der Waals surface area contributed by atoms with E-state index in [1.165, 1.54) is 4.90 Å². The lowest BCUT2D eigenvalue weighted by molar-refractivity contribution is -0.105. The molecular weight excluding hydrogens is 425 g/mol. The van der Waals surface area contributed by atoms with E-state index in [0.717, 1.165) is 24.4 Å². The van der Waals surface area contributed by atoms with Crippen molar-refractivity contribution in [3.8, 4) is 0 Å². The van der Waals surface area contributed by atoms with E-state index in [2.05, 4.69) is 5.32 Å². The molecule has 0 radical (unpaired) electrons. The van der Waals surface area contributed by atoms with E-state index in [1.807, 2.05) is 39.0 Å². The van der Waals surface area contributed by atoms with Gasteiger partial charge in [-0.3, -0.25) is 9.36 Å². The molecule has 0 spiro atoms. The van der Waals surface area contributed by atoms with Gasteiger partial charge in [0.25, 0.3) is 0 Å². The van der Waals surface area contributed by atoms with Crippen LogP contribution in [0.2, 0.25) is 5.02 Å². The summed E-state index contributed by atoms with van der Waals surface area (Å²) in [7, 11) is 7.10. The van der Waals surface area contributed by atoms with Crippen molar-refractivity contribution in [3.63, 3.8) is 0 Å². The quantitative estimate of drug-likeness (QED) is 0.327. The number of halogens is 1. The maximum absolute atomic E-state index is 11.5. The van der Waals surface area contributed by atoms with Crippen LogP contribution >= 0.6 is 20.1 Å². The van der Waals surface area contributed by atoms with Crippen LogP contribution in [-0.2, 0) is 14.1 Å². The minimum atomic E-state index is -0.359. The Balaban J connectivity index is 0.000000769. The van der Waals surface area contributed by atoms with Crippen molar-refractivity contribution < 1.29 is 18.9 Å². The van der Waals surface area contributed by atoms with Crippen molar-refractivity contribution in [1.29, 1.82) is 0 Å². The number of benzene rings is 1. The van der Waals surface area contributed by atoms with Crippen molar-refractivity contribution in [1.82, 2.24) is 15.1 Å². The van der Waals surface area contributed by atoms with Crippen molar-refractivity contribution in [2.45, 2.75) is 38.8 Å². The van der Waals surface area contributed by atoms with Gasteiger partial charge >= 0.3 is 6.09 Å². The van der Waals surface area contributed by atoms with Crippen molar-refractivity contribution >= 4 is 37.7 Å². The summed E-state index contributed by atoms with van der Waals surface area (Å²) in [4.78, 5) is 25.9. The zero-order chi connectivity index (χ0) is 23.1. The molecule has 2 atom stereocenters. The first-order valence-electron chi connectivity index (χ1n) is 9.70. The van der Waals surface area contributed by atoms with E-state index in [9.17, 15) is 14.2 Å². The molecule has 0 heterocycles. The fourth-order valence-corrected chi connectivity index (χ4v) is 2.72. The molecule has 0 aliphatic carbocycles. The van der Waals surface area contributed by atoms with Gasteiger partial charge in [-0.15, -0.1) is 0 Å². The van der Waals surface area contributed by atoms with Crippen LogP contribution in [0.3, 0.4) is 0 Å². The summed E-state index contributed by atoms with van der Waals surface area (Å²) in [6.45, 7) is 4.32. The molecule has 2 unspecified atom stereocenters. The van der Waals surface area contributed by atoms with Gasteiger partial charge in [0.15, 0.2) is 8.46 Å². The summed E-state index contributed by atoms with van der Waals surface area (Å²) >= 11 is 5.56. The lowest BCUT2D eigenvalue weighted by Crippen LogP contribution is -2.43. The molecule has 0 fully saturated rings. The summed E-state index contributed by atoms with van der Waals surface area (Å²) in [5.74, 6) is 0. The van der Waals surface area contributed by atoms with Crippen LogP contribution < -0.4 is 10.6 Å². The van der Waals surface area contributed by atoms with E-state index >= 15 is 0 Å². The van der Waals surface area contributed by atoms with E-state index < -0.39 is 0 Å². The third kappa shape index (κ3) is 11.9. The lowest BCUT2D eigenvalue weighted by Gasteiger charge is -2.25. The van der Waals surface area contributed by atoms with Gasteiger partial charge in [0.1, 0.15) is 12.9 Å². The van der Waals surface area contributed by atoms with Crippen LogP contribution in [0, 0.1) is 0 Å².